The minimum absolute atomic E-state index is 0.0325. The van der Waals surface area contributed by atoms with Crippen molar-refractivity contribution in [2.24, 2.45) is 5.92 Å². The summed E-state index contributed by atoms with van der Waals surface area (Å²) in [6.45, 7) is 6.20. The van der Waals surface area contributed by atoms with Crippen molar-refractivity contribution in [1.82, 2.24) is 10.2 Å². The molecule has 4 saturated heterocycles. The van der Waals surface area contributed by atoms with Gasteiger partial charge in [0.25, 0.3) is 0 Å². The first-order valence-electron chi connectivity index (χ1n) is 6.44. The van der Waals surface area contributed by atoms with Crippen molar-refractivity contribution >= 4 is 0 Å². The lowest BCUT2D eigenvalue weighted by atomic mass is 9.70. The summed E-state index contributed by atoms with van der Waals surface area (Å²) in [6.07, 6.45) is 2.59. The molecule has 4 nitrogen and oxygen atoms in total. The maximum Gasteiger partial charge on any atom is 0.101 e. The Balaban J connectivity index is 1.82. The quantitative estimate of drug-likeness (QED) is 0.723. The summed E-state index contributed by atoms with van der Waals surface area (Å²) in [5.74, 6) is 0.727. The van der Waals surface area contributed by atoms with Crippen LogP contribution in [0.2, 0.25) is 0 Å². The van der Waals surface area contributed by atoms with Gasteiger partial charge in [-0.05, 0) is 31.8 Å². The van der Waals surface area contributed by atoms with Crippen molar-refractivity contribution < 1.29 is 9.47 Å². The molecular formula is C12H22N2O2. The Hall–Kier alpha value is -0.160. The molecule has 92 valence electrons. The van der Waals surface area contributed by atoms with Crippen LogP contribution in [0.1, 0.15) is 12.8 Å². The molecule has 4 rings (SSSR count). The fourth-order valence-corrected chi connectivity index (χ4v) is 3.73. The van der Waals surface area contributed by atoms with Crippen molar-refractivity contribution in [2.75, 3.05) is 46.5 Å². The van der Waals surface area contributed by atoms with Gasteiger partial charge in [0.15, 0.2) is 0 Å². The number of morpholine rings is 1. The third-order valence-corrected chi connectivity index (χ3v) is 4.54. The Labute approximate surface area is 97.3 Å². The number of ether oxygens (including phenoxy) is 2. The lowest BCUT2D eigenvalue weighted by Gasteiger charge is -2.57. The molecule has 0 saturated carbocycles. The zero-order valence-electron chi connectivity index (χ0n) is 10.1. The van der Waals surface area contributed by atoms with E-state index in [4.69, 9.17) is 9.47 Å². The van der Waals surface area contributed by atoms with Gasteiger partial charge in [0.2, 0.25) is 0 Å². The zero-order valence-corrected chi connectivity index (χ0v) is 10.1. The Morgan fingerprint density at radius 1 is 1.44 bits per heavy atom. The largest absolute Gasteiger partial charge is 0.383 e. The van der Waals surface area contributed by atoms with Crippen LogP contribution in [0, 0.1) is 5.92 Å². The summed E-state index contributed by atoms with van der Waals surface area (Å²) < 4.78 is 11.6. The highest BCUT2D eigenvalue weighted by Gasteiger charge is 2.53. The van der Waals surface area contributed by atoms with Gasteiger partial charge in [-0.2, -0.15) is 0 Å². The van der Waals surface area contributed by atoms with E-state index in [9.17, 15) is 0 Å². The van der Waals surface area contributed by atoms with Gasteiger partial charge in [-0.3, -0.25) is 0 Å². The first-order valence-corrected chi connectivity index (χ1v) is 6.44. The normalized spacial score (nSPS) is 47.4. The average molecular weight is 226 g/mol. The minimum Gasteiger partial charge on any atom is -0.383 e. The predicted octanol–water partition coefficient (Wildman–Crippen LogP) is 0.0856. The van der Waals surface area contributed by atoms with E-state index in [0.717, 1.165) is 32.2 Å². The molecule has 2 bridgehead atoms. The van der Waals surface area contributed by atoms with Crippen molar-refractivity contribution in [3.8, 4) is 0 Å². The molecule has 1 spiro atoms. The van der Waals surface area contributed by atoms with E-state index in [1.807, 2.05) is 0 Å². The van der Waals surface area contributed by atoms with Crippen LogP contribution in [-0.2, 0) is 9.47 Å². The molecule has 0 aromatic carbocycles. The van der Waals surface area contributed by atoms with E-state index in [2.05, 4.69) is 10.2 Å². The van der Waals surface area contributed by atoms with Gasteiger partial charge in [0.1, 0.15) is 5.60 Å². The van der Waals surface area contributed by atoms with Crippen LogP contribution in [0.3, 0.4) is 0 Å². The van der Waals surface area contributed by atoms with Gasteiger partial charge in [0, 0.05) is 20.2 Å². The molecular weight excluding hydrogens is 204 g/mol. The molecule has 0 amide bonds. The standard InChI is InChI=1S/C12H22N2O2/c1-15-8-11-12(16-7-4-13-11)9-14-5-2-10(12)3-6-14/h10-11,13H,2-9H2,1H3. The van der Waals surface area contributed by atoms with Crippen molar-refractivity contribution in [3.05, 3.63) is 0 Å². The molecule has 4 heterocycles. The first kappa shape index (κ1) is 11.0. The number of fused-ring (bicyclic) bond motifs is 2. The number of rotatable bonds is 2. The second-order valence-corrected chi connectivity index (χ2v) is 5.32. The van der Waals surface area contributed by atoms with Crippen molar-refractivity contribution in [3.63, 3.8) is 0 Å². The van der Waals surface area contributed by atoms with E-state index >= 15 is 0 Å². The third-order valence-electron chi connectivity index (χ3n) is 4.54. The molecule has 4 aliphatic heterocycles. The fourth-order valence-electron chi connectivity index (χ4n) is 3.73. The monoisotopic (exact) mass is 226 g/mol. The number of hydrogen-bond donors (Lipinski definition) is 1. The Morgan fingerprint density at radius 3 is 2.88 bits per heavy atom. The molecule has 1 N–H and O–H groups in total. The predicted molar refractivity (Wildman–Crippen MR) is 61.5 cm³/mol. The first-order chi connectivity index (χ1) is 7.85. The van der Waals surface area contributed by atoms with Crippen LogP contribution < -0.4 is 5.32 Å². The van der Waals surface area contributed by atoms with E-state index < -0.39 is 0 Å². The molecule has 0 aliphatic carbocycles. The van der Waals surface area contributed by atoms with Crippen LogP contribution in [0.4, 0.5) is 0 Å². The highest BCUT2D eigenvalue weighted by Crippen LogP contribution is 2.41. The fraction of sp³-hybridized carbons (Fsp3) is 1.00. The molecule has 0 radical (unpaired) electrons. The van der Waals surface area contributed by atoms with Gasteiger partial charge in [-0.1, -0.05) is 0 Å². The van der Waals surface area contributed by atoms with Gasteiger partial charge in [-0.15, -0.1) is 0 Å². The van der Waals surface area contributed by atoms with Crippen molar-refractivity contribution in [1.29, 1.82) is 0 Å². The summed E-state index contributed by atoms with van der Waals surface area (Å²) in [7, 11) is 1.78. The Bertz CT molecular complexity index is 251. The topological polar surface area (TPSA) is 33.7 Å². The summed E-state index contributed by atoms with van der Waals surface area (Å²) in [4.78, 5) is 2.55. The SMILES string of the molecule is COCC1NCCOC12CN1CCC2CC1. The second kappa shape index (κ2) is 4.26. The van der Waals surface area contributed by atoms with E-state index in [-0.39, 0.29) is 5.60 Å². The second-order valence-electron chi connectivity index (χ2n) is 5.32. The van der Waals surface area contributed by atoms with E-state index in [0.29, 0.717) is 6.04 Å². The minimum atomic E-state index is 0.0325. The lowest BCUT2D eigenvalue weighted by Crippen LogP contribution is -2.72. The van der Waals surface area contributed by atoms with Gasteiger partial charge < -0.3 is 19.7 Å². The molecule has 16 heavy (non-hydrogen) atoms. The average Bonchev–Trinajstić information content (AvgIpc) is 2.34. The summed E-state index contributed by atoms with van der Waals surface area (Å²) >= 11 is 0. The Morgan fingerprint density at radius 2 is 2.25 bits per heavy atom. The number of hydrogen-bond acceptors (Lipinski definition) is 4. The van der Waals surface area contributed by atoms with Crippen molar-refractivity contribution in [2.45, 2.75) is 24.5 Å². The molecule has 4 heteroatoms. The van der Waals surface area contributed by atoms with E-state index in [1.165, 1.54) is 25.9 Å². The smallest absolute Gasteiger partial charge is 0.101 e. The highest BCUT2D eigenvalue weighted by atomic mass is 16.5. The highest BCUT2D eigenvalue weighted by molar-refractivity contribution is 5.07. The number of nitrogens with one attached hydrogen (secondary N) is 1. The maximum atomic E-state index is 6.22. The summed E-state index contributed by atoms with van der Waals surface area (Å²) in [5, 5.41) is 3.59. The molecule has 4 aliphatic rings. The molecule has 0 aromatic rings. The number of methoxy groups -OCH3 is 1. The molecule has 0 aromatic heterocycles. The maximum absolute atomic E-state index is 6.22. The van der Waals surface area contributed by atoms with Crippen LogP contribution >= 0.6 is 0 Å². The zero-order chi connectivity index (χ0) is 11.0. The molecule has 4 fully saturated rings. The number of piperidine rings is 3. The van der Waals surface area contributed by atoms with Gasteiger partial charge in [0.05, 0.1) is 19.3 Å². The molecule has 2 unspecified atom stereocenters. The van der Waals surface area contributed by atoms with Crippen LogP contribution in [0.25, 0.3) is 0 Å². The van der Waals surface area contributed by atoms with Gasteiger partial charge in [-0.25, -0.2) is 0 Å². The lowest BCUT2D eigenvalue weighted by molar-refractivity contribution is -0.193. The van der Waals surface area contributed by atoms with Gasteiger partial charge >= 0.3 is 0 Å². The van der Waals surface area contributed by atoms with E-state index in [1.54, 1.807) is 7.11 Å². The third kappa shape index (κ3) is 1.59. The molecule has 2 atom stereocenters. The summed E-state index contributed by atoms with van der Waals surface area (Å²) in [6, 6.07) is 0.374. The number of nitrogens with zero attached hydrogens (tertiary/aromatic N) is 1. The van der Waals surface area contributed by atoms with Crippen LogP contribution in [0.15, 0.2) is 0 Å². The Kier molecular flexibility index (Phi) is 2.92. The van der Waals surface area contributed by atoms with Crippen LogP contribution in [0.5, 0.6) is 0 Å². The van der Waals surface area contributed by atoms with Crippen LogP contribution in [-0.4, -0.2) is 63.0 Å². The summed E-state index contributed by atoms with van der Waals surface area (Å²) in [5.41, 5.74) is 0.0325.